The van der Waals surface area contributed by atoms with Crippen molar-refractivity contribution in [3.05, 3.63) is 0 Å². The van der Waals surface area contributed by atoms with Gasteiger partial charge in [-0.05, 0) is 106 Å². The third-order valence-corrected chi connectivity index (χ3v) is 8.36. The molecule has 2 heterocycles. The molecule has 0 aromatic heterocycles. The number of hydroxylamine groups is 4. The third-order valence-electron chi connectivity index (χ3n) is 8.36. The number of aliphatic carboxylic acids is 2. The lowest BCUT2D eigenvalue weighted by molar-refractivity contribution is -0.276. The minimum absolute atomic E-state index is 0.0217. The summed E-state index contributed by atoms with van der Waals surface area (Å²) in [6, 6.07) is 0. The molecule has 8 nitrogen and oxygen atoms in total. The van der Waals surface area contributed by atoms with Crippen molar-refractivity contribution in [1.29, 1.82) is 0 Å². The predicted molar refractivity (Wildman–Crippen MR) is 125 cm³/mol. The first-order chi connectivity index (χ1) is 14.8. The highest BCUT2D eigenvalue weighted by atomic mass is 16.5. The van der Waals surface area contributed by atoms with Gasteiger partial charge in [-0.15, -0.1) is 0 Å². The van der Waals surface area contributed by atoms with Crippen molar-refractivity contribution in [2.24, 2.45) is 17.3 Å². The van der Waals surface area contributed by atoms with Crippen LogP contribution < -0.4 is 0 Å². The molecule has 2 rings (SSSR count). The summed E-state index contributed by atoms with van der Waals surface area (Å²) in [7, 11) is 0. The standard InChI is InChI=1S/C25H46N2O6/c1-21(2)13-17(14-22(3,4)26(21)32)25(20(30)31,12-10-9-11-19(28)29)18-15-23(5,6)27(33)24(7,8)16-18/h17-18,32-33H,9-16H2,1-8H3,(H,28,29)(H,30,31). The number of nitrogens with zero attached hydrogens (tertiary/aromatic N) is 2. The molecule has 2 fully saturated rings. The summed E-state index contributed by atoms with van der Waals surface area (Å²) < 4.78 is 0. The molecule has 192 valence electrons. The summed E-state index contributed by atoms with van der Waals surface area (Å²) >= 11 is 0. The molecule has 2 saturated heterocycles. The van der Waals surface area contributed by atoms with Crippen LogP contribution in [0.15, 0.2) is 0 Å². The van der Waals surface area contributed by atoms with Gasteiger partial charge in [0, 0.05) is 28.6 Å². The van der Waals surface area contributed by atoms with Crippen molar-refractivity contribution >= 4 is 11.9 Å². The molecule has 0 amide bonds. The zero-order chi connectivity index (χ0) is 25.6. The second-order valence-electron chi connectivity index (χ2n) is 13.0. The van der Waals surface area contributed by atoms with Gasteiger partial charge in [-0.3, -0.25) is 9.59 Å². The molecule has 0 saturated carbocycles. The quantitative estimate of drug-likeness (QED) is 0.365. The molecule has 0 aromatic rings. The fourth-order valence-corrected chi connectivity index (χ4v) is 7.16. The lowest BCUT2D eigenvalue weighted by Crippen LogP contribution is -2.66. The molecule has 0 radical (unpaired) electrons. The van der Waals surface area contributed by atoms with E-state index in [-0.39, 0.29) is 18.3 Å². The number of carboxylic acids is 2. The molecule has 0 aromatic carbocycles. The van der Waals surface area contributed by atoms with Crippen LogP contribution in [0.25, 0.3) is 0 Å². The van der Waals surface area contributed by atoms with Crippen LogP contribution in [0.5, 0.6) is 0 Å². The van der Waals surface area contributed by atoms with E-state index < -0.39 is 39.5 Å². The molecule has 0 aliphatic carbocycles. The molecular formula is C25H46N2O6. The topological polar surface area (TPSA) is 122 Å². The van der Waals surface area contributed by atoms with Crippen LogP contribution in [0.1, 0.15) is 107 Å². The van der Waals surface area contributed by atoms with Gasteiger partial charge < -0.3 is 20.6 Å². The number of hydrogen-bond donors (Lipinski definition) is 4. The van der Waals surface area contributed by atoms with Crippen LogP contribution in [0.4, 0.5) is 0 Å². The summed E-state index contributed by atoms with van der Waals surface area (Å²) in [5, 5.41) is 44.4. The monoisotopic (exact) mass is 470 g/mol. The highest BCUT2D eigenvalue weighted by Crippen LogP contribution is 2.58. The SMILES string of the molecule is CC1(C)CC(C(CCCCC(=O)O)(C(=O)O)C2CC(C)(C)N(O)C(C)(C)C2)CC(C)(C)N1O. The van der Waals surface area contributed by atoms with Crippen molar-refractivity contribution in [3.8, 4) is 0 Å². The number of unbranched alkanes of at least 4 members (excludes halogenated alkanes) is 1. The maximum atomic E-state index is 13.3. The van der Waals surface area contributed by atoms with E-state index in [9.17, 15) is 25.1 Å². The maximum Gasteiger partial charge on any atom is 0.310 e. The molecule has 33 heavy (non-hydrogen) atoms. The van der Waals surface area contributed by atoms with Crippen LogP contribution in [0, 0.1) is 17.3 Å². The number of piperidine rings is 2. The first kappa shape index (κ1) is 28.0. The van der Waals surface area contributed by atoms with Crippen LogP contribution in [0.2, 0.25) is 0 Å². The molecule has 8 heteroatoms. The number of rotatable bonds is 8. The van der Waals surface area contributed by atoms with Crippen LogP contribution in [-0.4, -0.2) is 64.8 Å². The Balaban J connectivity index is 2.57. The number of hydrogen-bond acceptors (Lipinski definition) is 6. The summed E-state index contributed by atoms with van der Waals surface area (Å²) in [4.78, 5) is 24.4. The smallest absolute Gasteiger partial charge is 0.310 e. The minimum atomic E-state index is -1.08. The Morgan fingerprint density at radius 3 is 1.33 bits per heavy atom. The Hall–Kier alpha value is -1.22. The zero-order valence-electron chi connectivity index (χ0n) is 21.8. The fourth-order valence-electron chi connectivity index (χ4n) is 7.16. The molecule has 0 atom stereocenters. The molecule has 4 N–H and O–H groups in total. The highest BCUT2D eigenvalue weighted by Gasteiger charge is 2.61. The predicted octanol–water partition coefficient (Wildman–Crippen LogP) is 5.02. The molecule has 0 unspecified atom stereocenters. The van der Waals surface area contributed by atoms with E-state index in [1.165, 1.54) is 10.1 Å². The summed E-state index contributed by atoms with van der Waals surface area (Å²) in [5.41, 5.74) is -3.48. The summed E-state index contributed by atoms with van der Waals surface area (Å²) in [6.45, 7) is 15.6. The van der Waals surface area contributed by atoms with E-state index >= 15 is 0 Å². The molecule has 2 aliphatic rings. The zero-order valence-corrected chi connectivity index (χ0v) is 21.8. The Morgan fingerprint density at radius 1 is 0.727 bits per heavy atom. The second-order valence-corrected chi connectivity index (χ2v) is 13.0. The van der Waals surface area contributed by atoms with E-state index in [2.05, 4.69) is 0 Å². The van der Waals surface area contributed by atoms with Gasteiger partial charge in [-0.25, -0.2) is 0 Å². The van der Waals surface area contributed by atoms with Crippen molar-refractivity contribution in [1.82, 2.24) is 10.1 Å². The first-order valence-corrected chi connectivity index (χ1v) is 12.2. The average Bonchev–Trinajstić information content (AvgIpc) is 2.62. The van der Waals surface area contributed by atoms with Gasteiger partial charge in [0.25, 0.3) is 0 Å². The van der Waals surface area contributed by atoms with E-state index in [0.717, 1.165) is 0 Å². The summed E-state index contributed by atoms with van der Waals surface area (Å²) in [5.74, 6) is -2.11. The summed E-state index contributed by atoms with van der Waals surface area (Å²) in [6.07, 6.45) is 3.46. The first-order valence-electron chi connectivity index (χ1n) is 12.2. The fraction of sp³-hybridized carbons (Fsp3) is 0.920. The Bertz CT molecular complexity index is 667. The Morgan fingerprint density at radius 2 is 1.06 bits per heavy atom. The Labute approximate surface area is 198 Å². The Kier molecular flexibility index (Phi) is 7.72. The molecular weight excluding hydrogens is 424 g/mol. The van der Waals surface area contributed by atoms with E-state index in [0.29, 0.717) is 44.9 Å². The van der Waals surface area contributed by atoms with Gasteiger partial charge >= 0.3 is 11.9 Å². The van der Waals surface area contributed by atoms with Gasteiger partial charge in [0.1, 0.15) is 0 Å². The van der Waals surface area contributed by atoms with Crippen LogP contribution in [-0.2, 0) is 9.59 Å². The molecule has 2 aliphatic heterocycles. The van der Waals surface area contributed by atoms with Crippen molar-refractivity contribution < 1.29 is 30.2 Å². The van der Waals surface area contributed by atoms with Gasteiger partial charge in [-0.1, -0.05) is 6.42 Å². The third kappa shape index (κ3) is 5.39. The molecule has 0 bridgehead atoms. The van der Waals surface area contributed by atoms with Gasteiger partial charge in [-0.2, -0.15) is 10.1 Å². The van der Waals surface area contributed by atoms with E-state index in [4.69, 9.17) is 5.11 Å². The molecule has 0 spiro atoms. The van der Waals surface area contributed by atoms with Gasteiger partial charge in [0.05, 0.1) is 5.41 Å². The van der Waals surface area contributed by atoms with Crippen molar-refractivity contribution in [3.63, 3.8) is 0 Å². The maximum absolute atomic E-state index is 13.3. The van der Waals surface area contributed by atoms with Crippen molar-refractivity contribution in [2.75, 3.05) is 0 Å². The normalized spacial score (nSPS) is 26.2. The highest BCUT2D eigenvalue weighted by molar-refractivity contribution is 5.76. The largest absolute Gasteiger partial charge is 0.481 e. The average molecular weight is 471 g/mol. The van der Waals surface area contributed by atoms with Crippen LogP contribution >= 0.6 is 0 Å². The lowest BCUT2D eigenvalue weighted by atomic mass is 9.52. The second kappa shape index (κ2) is 9.10. The van der Waals surface area contributed by atoms with Crippen LogP contribution in [0.3, 0.4) is 0 Å². The van der Waals surface area contributed by atoms with E-state index in [1.54, 1.807) is 0 Å². The van der Waals surface area contributed by atoms with E-state index in [1.807, 2.05) is 55.4 Å². The minimum Gasteiger partial charge on any atom is -0.481 e. The van der Waals surface area contributed by atoms with Gasteiger partial charge in [0.15, 0.2) is 0 Å². The van der Waals surface area contributed by atoms with Gasteiger partial charge in [0.2, 0.25) is 0 Å². The number of carboxylic acid groups (broad SMARTS) is 2. The number of carbonyl (C=O) groups is 2. The van der Waals surface area contributed by atoms with Crippen molar-refractivity contribution in [2.45, 2.75) is 129 Å². The lowest BCUT2D eigenvalue weighted by Gasteiger charge is -2.60.